The molecule has 2 N–H and O–H groups in total. The second kappa shape index (κ2) is 7.95. The van der Waals surface area contributed by atoms with Crippen LogP contribution < -0.4 is 10.1 Å². The van der Waals surface area contributed by atoms with Gasteiger partial charge in [0.15, 0.2) is 0 Å². The summed E-state index contributed by atoms with van der Waals surface area (Å²) in [6.07, 6.45) is 2.62. The largest absolute Gasteiger partial charge is 0.495 e. The third kappa shape index (κ3) is 3.94. The van der Waals surface area contributed by atoms with E-state index in [1.165, 1.54) is 12.1 Å². The number of benzene rings is 2. The predicted molar refractivity (Wildman–Crippen MR) is 108 cm³/mol. The number of aromatic amines is 1. The van der Waals surface area contributed by atoms with Gasteiger partial charge in [-0.05, 0) is 42.3 Å². The summed E-state index contributed by atoms with van der Waals surface area (Å²) in [6, 6.07) is 11.8. The lowest BCUT2D eigenvalue weighted by Gasteiger charge is -2.17. The van der Waals surface area contributed by atoms with Crippen molar-refractivity contribution in [2.75, 3.05) is 25.5 Å². The van der Waals surface area contributed by atoms with E-state index in [-0.39, 0.29) is 24.1 Å². The molecule has 0 unspecified atom stereocenters. The van der Waals surface area contributed by atoms with Gasteiger partial charge in [-0.3, -0.25) is 9.59 Å². The van der Waals surface area contributed by atoms with Gasteiger partial charge in [-0.25, -0.2) is 4.39 Å². The van der Waals surface area contributed by atoms with Crippen molar-refractivity contribution < 1.29 is 18.7 Å². The number of H-pyrrole nitrogens is 1. The van der Waals surface area contributed by atoms with Crippen molar-refractivity contribution in [2.45, 2.75) is 12.8 Å². The molecule has 0 aliphatic carbocycles. The van der Waals surface area contributed by atoms with Gasteiger partial charge < -0.3 is 19.9 Å². The number of rotatable bonds is 6. The lowest BCUT2D eigenvalue weighted by Crippen LogP contribution is -2.30. The number of carbonyl (C=O) groups excluding carboxylic acids is 2. The van der Waals surface area contributed by atoms with Gasteiger partial charge in [0.1, 0.15) is 11.6 Å². The first-order valence-corrected chi connectivity index (χ1v) is 9.52. The molecule has 1 aliphatic heterocycles. The van der Waals surface area contributed by atoms with Crippen LogP contribution in [0, 0.1) is 11.7 Å². The second-order valence-corrected chi connectivity index (χ2v) is 7.18. The Balaban J connectivity index is 1.38. The van der Waals surface area contributed by atoms with Crippen molar-refractivity contribution in [3.63, 3.8) is 0 Å². The summed E-state index contributed by atoms with van der Waals surface area (Å²) in [5, 5.41) is 3.68. The maximum absolute atomic E-state index is 13.5. The zero-order valence-electron chi connectivity index (χ0n) is 16.1. The molecular formula is C22H22FN3O3. The number of hydrogen-bond donors (Lipinski definition) is 2. The molecule has 2 aromatic carbocycles. The minimum atomic E-state index is -0.409. The fourth-order valence-electron chi connectivity index (χ4n) is 3.76. The molecule has 29 heavy (non-hydrogen) atoms. The molecule has 0 spiro atoms. The van der Waals surface area contributed by atoms with Crippen LogP contribution in [0.15, 0.2) is 48.7 Å². The Morgan fingerprint density at radius 1 is 1.31 bits per heavy atom. The number of para-hydroxylation sites is 2. The summed E-state index contributed by atoms with van der Waals surface area (Å²) >= 11 is 0. The SMILES string of the molecule is COc1ccccc1NC(=O)[C@H]1CC(=O)N(CCc2c[nH]c3ccc(F)cc23)C1. The van der Waals surface area contributed by atoms with Gasteiger partial charge in [-0.1, -0.05) is 12.1 Å². The Labute approximate surface area is 167 Å². The van der Waals surface area contributed by atoms with E-state index in [2.05, 4.69) is 10.3 Å². The molecule has 3 aromatic rings. The molecule has 150 valence electrons. The molecule has 1 saturated heterocycles. The Hall–Kier alpha value is -3.35. The van der Waals surface area contributed by atoms with E-state index in [4.69, 9.17) is 4.74 Å². The number of nitrogens with zero attached hydrogens (tertiary/aromatic N) is 1. The Morgan fingerprint density at radius 3 is 2.97 bits per heavy atom. The van der Waals surface area contributed by atoms with Crippen molar-refractivity contribution in [1.29, 1.82) is 0 Å². The van der Waals surface area contributed by atoms with Crippen molar-refractivity contribution in [3.8, 4) is 5.75 Å². The maximum Gasteiger partial charge on any atom is 0.229 e. The van der Waals surface area contributed by atoms with Crippen LogP contribution in [-0.4, -0.2) is 41.9 Å². The molecule has 0 saturated carbocycles. The first-order valence-electron chi connectivity index (χ1n) is 9.52. The monoisotopic (exact) mass is 395 g/mol. The highest BCUT2D eigenvalue weighted by atomic mass is 19.1. The summed E-state index contributed by atoms with van der Waals surface area (Å²) in [5.41, 5.74) is 2.41. The van der Waals surface area contributed by atoms with E-state index in [0.717, 1.165) is 16.5 Å². The van der Waals surface area contributed by atoms with Gasteiger partial charge in [0.2, 0.25) is 11.8 Å². The van der Waals surface area contributed by atoms with Crippen LogP contribution in [0.2, 0.25) is 0 Å². The van der Waals surface area contributed by atoms with E-state index < -0.39 is 5.92 Å². The Kier molecular flexibility index (Phi) is 5.20. The molecule has 7 heteroatoms. The van der Waals surface area contributed by atoms with Crippen molar-refractivity contribution in [3.05, 3.63) is 60.0 Å². The number of halogens is 1. The number of aromatic nitrogens is 1. The number of amides is 2. The highest BCUT2D eigenvalue weighted by Gasteiger charge is 2.34. The first kappa shape index (κ1) is 19.0. The van der Waals surface area contributed by atoms with Crippen molar-refractivity contribution in [1.82, 2.24) is 9.88 Å². The number of nitrogens with one attached hydrogen (secondary N) is 2. The highest BCUT2D eigenvalue weighted by Crippen LogP contribution is 2.26. The van der Waals surface area contributed by atoms with Crippen molar-refractivity contribution in [2.24, 2.45) is 5.92 Å². The molecule has 2 amide bonds. The minimum Gasteiger partial charge on any atom is -0.495 e. The van der Waals surface area contributed by atoms with E-state index in [0.29, 0.717) is 30.9 Å². The van der Waals surface area contributed by atoms with E-state index in [1.54, 1.807) is 30.2 Å². The van der Waals surface area contributed by atoms with Crippen molar-refractivity contribution >= 4 is 28.4 Å². The predicted octanol–water partition coefficient (Wildman–Crippen LogP) is 3.35. The molecule has 2 heterocycles. The molecule has 6 nitrogen and oxygen atoms in total. The highest BCUT2D eigenvalue weighted by molar-refractivity contribution is 5.98. The van der Waals surface area contributed by atoms with Gasteiger partial charge in [0.05, 0.1) is 18.7 Å². The van der Waals surface area contributed by atoms with Gasteiger partial charge in [0.25, 0.3) is 0 Å². The number of hydrogen-bond acceptors (Lipinski definition) is 3. The van der Waals surface area contributed by atoms with Crippen LogP contribution in [0.1, 0.15) is 12.0 Å². The van der Waals surface area contributed by atoms with Gasteiger partial charge in [0, 0.05) is 36.6 Å². The summed E-state index contributed by atoms with van der Waals surface area (Å²) < 4.78 is 18.8. The number of methoxy groups -OCH3 is 1. The third-order valence-corrected chi connectivity index (χ3v) is 5.33. The van der Waals surface area contributed by atoms with Gasteiger partial charge >= 0.3 is 0 Å². The normalized spacial score (nSPS) is 16.4. The molecule has 0 bridgehead atoms. The first-order chi connectivity index (χ1) is 14.0. The van der Waals surface area contributed by atoms with Gasteiger partial charge in [-0.15, -0.1) is 0 Å². The fourth-order valence-corrected chi connectivity index (χ4v) is 3.76. The minimum absolute atomic E-state index is 0.0452. The number of likely N-dealkylation sites (tertiary alicyclic amines) is 1. The van der Waals surface area contributed by atoms with Crippen LogP contribution >= 0.6 is 0 Å². The number of fused-ring (bicyclic) bond motifs is 1. The maximum atomic E-state index is 13.5. The molecule has 1 aromatic heterocycles. The van der Waals surface area contributed by atoms with Gasteiger partial charge in [-0.2, -0.15) is 0 Å². The lowest BCUT2D eigenvalue weighted by atomic mass is 10.1. The average molecular weight is 395 g/mol. The fraction of sp³-hybridized carbons (Fsp3) is 0.273. The molecular weight excluding hydrogens is 373 g/mol. The van der Waals surface area contributed by atoms with E-state index >= 15 is 0 Å². The lowest BCUT2D eigenvalue weighted by molar-refractivity contribution is -0.128. The molecule has 0 radical (unpaired) electrons. The average Bonchev–Trinajstić information content (AvgIpc) is 3.29. The van der Waals surface area contributed by atoms with Crippen LogP contribution in [0.3, 0.4) is 0 Å². The van der Waals surface area contributed by atoms with Crippen LogP contribution in [0.4, 0.5) is 10.1 Å². The summed E-state index contributed by atoms with van der Waals surface area (Å²) in [5.74, 6) is -0.360. The quantitative estimate of drug-likeness (QED) is 0.672. The number of anilines is 1. The summed E-state index contributed by atoms with van der Waals surface area (Å²) in [4.78, 5) is 29.8. The van der Waals surface area contributed by atoms with E-state index in [1.807, 2.05) is 18.3 Å². The van der Waals surface area contributed by atoms with Crippen LogP contribution in [0.5, 0.6) is 5.75 Å². The molecule has 1 atom stereocenters. The number of carbonyl (C=O) groups is 2. The Bertz CT molecular complexity index is 1060. The van der Waals surface area contributed by atoms with Crippen LogP contribution in [0.25, 0.3) is 10.9 Å². The second-order valence-electron chi connectivity index (χ2n) is 7.18. The molecule has 1 fully saturated rings. The Morgan fingerprint density at radius 2 is 2.14 bits per heavy atom. The summed E-state index contributed by atoms with van der Waals surface area (Å²) in [7, 11) is 1.54. The smallest absolute Gasteiger partial charge is 0.229 e. The zero-order valence-corrected chi connectivity index (χ0v) is 16.1. The topological polar surface area (TPSA) is 74.4 Å². The standard InChI is InChI=1S/C22H22FN3O3/c1-29-20-5-3-2-4-19(20)25-22(28)15-10-21(27)26(13-15)9-8-14-12-24-18-7-6-16(23)11-17(14)18/h2-7,11-12,15,24H,8-10,13H2,1H3,(H,25,28)/t15-/m0/s1. The summed E-state index contributed by atoms with van der Waals surface area (Å²) in [6.45, 7) is 0.858. The zero-order chi connectivity index (χ0) is 20.4. The number of ether oxygens (including phenoxy) is 1. The van der Waals surface area contributed by atoms with E-state index in [9.17, 15) is 14.0 Å². The molecule has 4 rings (SSSR count). The molecule has 1 aliphatic rings. The van der Waals surface area contributed by atoms with Crippen LogP contribution in [-0.2, 0) is 16.0 Å². The third-order valence-electron chi connectivity index (χ3n) is 5.33.